The lowest BCUT2D eigenvalue weighted by atomic mass is 10.1. The summed E-state index contributed by atoms with van der Waals surface area (Å²) in [6.45, 7) is 5.37. The summed E-state index contributed by atoms with van der Waals surface area (Å²) >= 11 is 0. The van der Waals surface area contributed by atoms with Crippen LogP contribution >= 0.6 is 0 Å². The van der Waals surface area contributed by atoms with E-state index >= 15 is 0 Å². The number of pyridine rings is 1. The van der Waals surface area contributed by atoms with Crippen LogP contribution in [0.2, 0.25) is 0 Å². The van der Waals surface area contributed by atoms with Gasteiger partial charge in [-0.05, 0) is 48.7 Å². The van der Waals surface area contributed by atoms with Crippen molar-refractivity contribution in [2.24, 2.45) is 0 Å². The molecule has 0 saturated heterocycles. The van der Waals surface area contributed by atoms with Crippen molar-refractivity contribution in [3.8, 4) is 0 Å². The van der Waals surface area contributed by atoms with Crippen molar-refractivity contribution in [3.05, 3.63) is 77.9 Å². The molecule has 0 saturated carbocycles. The molecule has 0 aliphatic heterocycles. The van der Waals surface area contributed by atoms with Gasteiger partial charge in [0.2, 0.25) is 10.0 Å². The highest BCUT2D eigenvalue weighted by Crippen LogP contribution is 2.14. The Morgan fingerprint density at radius 3 is 2.65 bits per heavy atom. The average molecular weight is 444 g/mol. The Morgan fingerprint density at radius 1 is 1.10 bits per heavy atom. The van der Waals surface area contributed by atoms with Gasteiger partial charge in [-0.1, -0.05) is 37.6 Å². The maximum absolute atomic E-state index is 12.4. The molecule has 2 N–H and O–H groups in total. The second-order valence-corrected chi connectivity index (χ2v) is 9.15. The van der Waals surface area contributed by atoms with Gasteiger partial charge in [-0.15, -0.1) is 0 Å². The predicted molar refractivity (Wildman–Crippen MR) is 120 cm³/mol. The fourth-order valence-corrected chi connectivity index (χ4v) is 4.38. The van der Waals surface area contributed by atoms with E-state index in [-0.39, 0.29) is 10.9 Å². The number of nitrogens with zero attached hydrogens (tertiary/aromatic N) is 1. The van der Waals surface area contributed by atoms with Gasteiger partial charge < -0.3 is 14.5 Å². The number of nitrogens with one attached hydrogen (secondary N) is 2. The van der Waals surface area contributed by atoms with Crippen LogP contribution in [0.5, 0.6) is 0 Å². The van der Waals surface area contributed by atoms with Crippen LogP contribution in [0.15, 0.2) is 70.3 Å². The number of ether oxygens (including phenoxy) is 1. The zero-order valence-corrected chi connectivity index (χ0v) is 18.7. The van der Waals surface area contributed by atoms with Crippen LogP contribution in [0.1, 0.15) is 43.6 Å². The van der Waals surface area contributed by atoms with Crippen LogP contribution in [0.4, 0.5) is 5.82 Å². The topological polar surface area (TPSA) is 93.5 Å². The number of furan rings is 1. The summed E-state index contributed by atoms with van der Waals surface area (Å²) in [4.78, 5) is 4.41. The molecule has 0 radical (unpaired) electrons. The molecule has 0 spiro atoms. The van der Waals surface area contributed by atoms with Gasteiger partial charge in [0.05, 0.1) is 12.9 Å². The molecule has 1 unspecified atom stereocenters. The number of hydrogen-bond donors (Lipinski definition) is 2. The van der Waals surface area contributed by atoms with Crippen molar-refractivity contribution in [2.45, 2.75) is 57.4 Å². The van der Waals surface area contributed by atoms with E-state index in [4.69, 9.17) is 9.15 Å². The molecule has 3 rings (SSSR count). The standard InChI is InChI=1S/C23H29N3O4S/c1-3-6-18(2)26-31(27,28)22-10-11-23(25-15-22)24-14-19-7-4-8-20(13-19)16-29-17-21-9-5-12-30-21/h4-5,7-13,15,18,26H,3,6,14,16-17H2,1-2H3,(H,24,25). The molecular formula is C23H29N3O4S. The van der Waals surface area contributed by atoms with Gasteiger partial charge in [0.1, 0.15) is 23.1 Å². The lowest BCUT2D eigenvalue weighted by molar-refractivity contribution is 0.0929. The van der Waals surface area contributed by atoms with E-state index in [1.54, 1.807) is 18.4 Å². The highest BCUT2D eigenvalue weighted by atomic mass is 32.2. The number of anilines is 1. The molecular weight excluding hydrogens is 414 g/mol. The molecule has 0 aliphatic rings. The third-order valence-corrected chi connectivity index (χ3v) is 6.26. The van der Waals surface area contributed by atoms with Gasteiger partial charge in [0, 0.05) is 18.8 Å². The Bertz CT molecular complexity index is 1030. The van der Waals surface area contributed by atoms with E-state index in [0.717, 1.165) is 29.7 Å². The summed E-state index contributed by atoms with van der Waals surface area (Å²) in [6, 6.07) is 14.9. The van der Waals surface area contributed by atoms with Crippen LogP contribution in [0, 0.1) is 0 Å². The number of rotatable bonds is 12. The molecule has 7 nitrogen and oxygen atoms in total. The molecule has 0 fully saturated rings. The largest absolute Gasteiger partial charge is 0.467 e. The van der Waals surface area contributed by atoms with E-state index in [9.17, 15) is 8.42 Å². The highest BCUT2D eigenvalue weighted by Gasteiger charge is 2.17. The van der Waals surface area contributed by atoms with Crippen LogP contribution in [0.3, 0.4) is 0 Å². The SMILES string of the molecule is CCCC(C)NS(=O)(=O)c1ccc(NCc2cccc(COCc3ccco3)c2)nc1. The zero-order valence-electron chi connectivity index (χ0n) is 17.9. The van der Waals surface area contributed by atoms with Crippen molar-refractivity contribution in [1.82, 2.24) is 9.71 Å². The first kappa shape index (κ1) is 23.0. The first-order valence-corrected chi connectivity index (χ1v) is 11.8. The van der Waals surface area contributed by atoms with Gasteiger partial charge in [-0.2, -0.15) is 0 Å². The van der Waals surface area contributed by atoms with Gasteiger partial charge in [-0.3, -0.25) is 0 Å². The lowest BCUT2D eigenvalue weighted by Crippen LogP contribution is -2.32. The first-order chi connectivity index (χ1) is 15.0. The summed E-state index contributed by atoms with van der Waals surface area (Å²) in [5.74, 6) is 1.41. The van der Waals surface area contributed by atoms with Crippen molar-refractivity contribution in [3.63, 3.8) is 0 Å². The van der Waals surface area contributed by atoms with Crippen molar-refractivity contribution < 1.29 is 17.6 Å². The van der Waals surface area contributed by atoms with Gasteiger partial charge in [0.25, 0.3) is 0 Å². The van der Waals surface area contributed by atoms with Crippen molar-refractivity contribution in [2.75, 3.05) is 5.32 Å². The molecule has 1 atom stereocenters. The summed E-state index contributed by atoms with van der Waals surface area (Å²) in [6.07, 6.45) is 4.72. The van der Waals surface area contributed by atoms with Gasteiger partial charge >= 0.3 is 0 Å². The molecule has 2 heterocycles. The summed E-state index contributed by atoms with van der Waals surface area (Å²) in [5.41, 5.74) is 2.14. The minimum Gasteiger partial charge on any atom is -0.467 e. The summed E-state index contributed by atoms with van der Waals surface area (Å²) < 4.78 is 38.5. The first-order valence-electron chi connectivity index (χ1n) is 10.4. The van der Waals surface area contributed by atoms with E-state index < -0.39 is 10.0 Å². The third-order valence-electron chi connectivity index (χ3n) is 4.68. The summed E-state index contributed by atoms with van der Waals surface area (Å²) in [5, 5.41) is 3.22. The molecule has 0 bridgehead atoms. The fourth-order valence-electron chi connectivity index (χ4n) is 3.15. The summed E-state index contributed by atoms with van der Waals surface area (Å²) in [7, 11) is -3.56. The van der Waals surface area contributed by atoms with Crippen LogP contribution in [0.25, 0.3) is 0 Å². The van der Waals surface area contributed by atoms with Crippen LogP contribution in [-0.4, -0.2) is 19.4 Å². The van der Waals surface area contributed by atoms with Crippen LogP contribution < -0.4 is 10.0 Å². The minimum atomic E-state index is -3.56. The van der Waals surface area contributed by atoms with E-state index in [2.05, 4.69) is 21.1 Å². The zero-order chi connectivity index (χ0) is 22.1. The molecule has 8 heteroatoms. The molecule has 2 aromatic heterocycles. The van der Waals surface area contributed by atoms with Gasteiger partial charge in [-0.25, -0.2) is 18.1 Å². The fraction of sp³-hybridized carbons (Fsp3) is 0.348. The maximum Gasteiger partial charge on any atom is 0.242 e. The maximum atomic E-state index is 12.4. The normalized spacial score (nSPS) is 12.6. The molecule has 0 aliphatic carbocycles. The van der Waals surface area contributed by atoms with Crippen molar-refractivity contribution >= 4 is 15.8 Å². The second kappa shape index (κ2) is 11.1. The quantitative estimate of drug-likeness (QED) is 0.429. The molecule has 31 heavy (non-hydrogen) atoms. The Labute approximate surface area is 183 Å². The Morgan fingerprint density at radius 2 is 1.94 bits per heavy atom. The van der Waals surface area contributed by atoms with E-state index in [0.29, 0.717) is 25.6 Å². The van der Waals surface area contributed by atoms with Crippen LogP contribution in [-0.2, 0) is 34.5 Å². The number of sulfonamides is 1. The molecule has 3 aromatic rings. The van der Waals surface area contributed by atoms with E-state index in [1.165, 1.54) is 6.20 Å². The monoisotopic (exact) mass is 443 g/mol. The second-order valence-electron chi connectivity index (χ2n) is 7.44. The highest BCUT2D eigenvalue weighted by molar-refractivity contribution is 7.89. The molecule has 0 amide bonds. The molecule has 1 aromatic carbocycles. The lowest BCUT2D eigenvalue weighted by Gasteiger charge is -2.13. The third kappa shape index (κ3) is 7.20. The number of benzene rings is 1. The van der Waals surface area contributed by atoms with Crippen molar-refractivity contribution in [1.29, 1.82) is 0 Å². The average Bonchev–Trinajstić information content (AvgIpc) is 3.26. The number of aromatic nitrogens is 1. The predicted octanol–water partition coefficient (Wildman–Crippen LogP) is 4.47. The Balaban J connectivity index is 1.51. The minimum absolute atomic E-state index is 0.108. The Kier molecular flexibility index (Phi) is 8.22. The smallest absolute Gasteiger partial charge is 0.242 e. The van der Waals surface area contributed by atoms with E-state index in [1.807, 2.05) is 44.2 Å². The molecule has 166 valence electrons. The Hall–Kier alpha value is -2.68. The number of hydrogen-bond acceptors (Lipinski definition) is 6. The van der Waals surface area contributed by atoms with Gasteiger partial charge in [0.15, 0.2) is 0 Å².